The van der Waals surface area contributed by atoms with Crippen LogP contribution in [-0.4, -0.2) is 31.1 Å². The Balaban J connectivity index is 1.75. The molecule has 3 rings (SSSR count). The van der Waals surface area contributed by atoms with Gasteiger partial charge in [0, 0.05) is 17.9 Å². The number of benzene rings is 2. The molecule has 1 heterocycles. The van der Waals surface area contributed by atoms with E-state index in [9.17, 15) is 4.79 Å². The van der Waals surface area contributed by atoms with Crippen LogP contribution in [-0.2, 0) is 4.74 Å². The summed E-state index contributed by atoms with van der Waals surface area (Å²) >= 11 is 0. The highest BCUT2D eigenvalue weighted by Gasteiger charge is 2.16. The minimum absolute atomic E-state index is 0.125. The summed E-state index contributed by atoms with van der Waals surface area (Å²) in [6.45, 7) is 5.31. The van der Waals surface area contributed by atoms with E-state index in [0.29, 0.717) is 18.1 Å². The van der Waals surface area contributed by atoms with Crippen LogP contribution in [0.3, 0.4) is 0 Å². The maximum absolute atomic E-state index is 12.6. The van der Waals surface area contributed by atoms with Crippen LogP contribution in [0.25, 0.3) is 0 Å². The van der Waals surface area contributed by atoms with Crippen molar-refractivity contribution in [2.75, 3.05) is 18.5 Å². The van der Waals surface area contributed by atoms with Gasteiger partial charge in [0.25, 0.3) is 5.91 Å². The van der Waals surface area contributed by atoms with Crippen molar-refractivity contribution in [3.63, 3.8) is 0 Å². The molecule has 1 fully saturated rings. The number of anilines is 1. The number of nitrogens with zero attached hydrogens (tertiary/aromatic N) is 1. The average molecular weight is 351 g/mol. The zero-order valence-electron chi connectivity index (χ0n) is 15.3. The van der Waals surface area contributed by atoms with E-state index in [2.05, 4.69) is 15.6 Å². The van der Waals surface area contributed by atoms with Crippen LogP contribution in [0.1, 0.15) is 34.3 Å². The average Bonchev–Trinajstić information content (AvgIpc) is 3.13. The van der Waals surface area contributed by atoms with Crippen LogP contribution in [0, 0.1) is 13.8 Å². The van der Waals surface area contributed by atoms with E-state index in [1.807, 2.05) is 56.3 Å². The molecule has 0 bridgehead atoms. The van der Waals surface area contributed by atoms with E-state index in [0.717, 1.165) is 36.3 Å². The van der Waals surface area contributed by atoms with Gasteiger partial charge in [0.2, 0.25) is 5.96 Å². The van der Waals surface area contributed by atoms with Crippen LogP contribution in [0.4, 0.5) is 5.69 Å². The predicted molar refractivity (Wildman–Crippen MR) is 105 cm³/mol. The van der Waals surface area contributed by atoms with Gasteiger partial charge in [-0.3, -0.25) is 10.1 Å². The molecule has 1 aliphatic heterocycles. The minimum Gasteiger partial charge on any atom is -0.376 e. The Labute approximate surface area is 154 Å². The molecule has 0 unspecified atom stereocenters. The number of aliphatic imine (C=N–C) groups is 1. The van der Waals surface area contributed by atoms with E-state index in [4.69, 9.17) is 4.74 Å². The van der Waals surface area contributed by atoms with Crippen LogP contribution >= 0.6 is 0 Å². The first-order chi connectivity index (χ1) is 12.6. The smallest absolute Gasteiger partial charge is 0.257 e. The third-order valence-corrected chi connectivity index (χ3v) is 4.27. The topological polar surface area (TPSA) is 62.7 Å². The first kappa shape index (κ1) is 18.1. The Hall–Kier alpha value is -2.66. The molecule has 1 aliphatic rings. The molecule has 5 nitrogen and oxygen atoms in total. The summed E-state index contributed by atoms with van der Waals surface area (Å²) in [5, 5.41) is 6.12. The molecule has 26 heavy (non-hydrogen) atoms. The van der Waals surface area contributed by atoms with E-state index >= 15 is 0 Å². The predicted octanol–water partition coefficient (Wildman–Crippen LogP) is 3.68. The molecule has 0 spiro atoms. The number of amides is 1. The van der Waals surface area contributed by atoms with Gasteiger partial charge < -0.3 is 10.1 Å². The largest absolute Gasteiger partial charge is 0.376 e. The van der Waals surface area contributed by atoms with Gasteiger partial charge in [0.15, 0.2) is 0 Å². The molecule has 136 valence electrons. The minimum atomic E-state index is -0.181. The Morgan fingerprint density at radius 2 is 1.92 bits per heavy atom. The zero-order chi connectivity index (χ0) is 18.4. The number of carbonyl (C=O) groups is 1. The fourth-order valence-electron chi connectivity index (χ4n) is 2.92. The fraction of sp³-hybridized carbons (Fsp3) is 0.333. The first-order valence-electron chi connectivity index (χ1n) is 8.98. The Morgan fingerprint density at radius 3 is 2.62 bits per heavy atom. The summed E-state index contributed by atoms with van der Waals surface area (Å²) in [6, 6.07) is 15.5. The van der Waals surface area contributed by atoms with Gasteiger partial charge in [-0.05, 0) is 56.5 Å². The number of aryl methyl sites for hydroxylation is 2. The van der Waals surface area contributed by atoms with Crippen molar-refractivity contribution < 1.29 is 9.53 Å². The highest BCUT2D eigenvalue weighted by molar-refractivity contribution is 6.10. The molecule has 0 saturated carbocycles. The number of carbonyl (C=O) groups excluding carboxylic acids is 1. The van der Waals surface area contributed by atoms with Crippen molar-refractivity contribution in [1.29, 1.82) is 0 Å². The molecule has 2 N–H and O–H groups in total. The van der Waals surface area contributed by atoms with E-state index in [1.165, 1.54) is 0 Å². The third-order valence-electron chi connectivity index (χ3n) is 4.27. The monoisotopic (exact) mass is 351 g/mol. The van der Waals surface area contributed by atoms with E-state index < -0.39 is 0 Å². The lowest BCUT2D eigenvalue weighted by Crippen LogP contribution is -2.36. The summed E-state index contributed by atoms with van der Waals surface area (Å²) in [7, 11) is 0. The molecular formula is C21H25N3O2. The Bertz CT molecular complexity index is 795. The Morgan fingerprint density at radius 1 is 1.15 bits per heavy atom. The molecule has 2 aromatic rings. The van der Waals surface area contributed by atoms with Crippen molar-refractivity contribution in [3.8, 4) is 0 Å². The number of hydrogen-bond acceptors (Lipinski definition) is 3. The summed E-state index contributed by atoms with van der Waals surface area (Å²) in [5.41, 5.74) is 3.68. The number of guanidine groups is 1. The van der Waals surface area contributed by atoms with Gasteiger partial charge >= 0.3 is 0 Å². The lowest BCUT2D eigenvalue weighted by molar-refractivity contribution is 0.0975. The normalized spacial score (nSPS) is 17.2. The number of ether oxygens (including phenoxy) is 1. The summed E-state index contributed by atoms with van der Waals surface area (Å²) in [6.07, 6.45) is 2.20. The second-order valence-electron chi connectivity index (χ2n) is 6.64. The molecule has 1 atom stereocenters. The number of hydrogen-bond donors (Lipinski definition) is 2. The summed E-state index contributed by atoms with van der Waals surface area (Å²) < 4.78 is 5.63. The molecule has 1 saturated heterocycles. The second kappa shape index (κ2) is 8.63. The lowest BCUT2D eigenvalue weighted by Gasteiger charge is -2.14. The maximum atomic E-state index is 12.6. The van der Waals surface area contributed by atoms with E-state index in [1.54, 1.807) is 6.07 Å². The highest BCUT2D eigenvalue weighted by Crippen LogP contribution is 2.13. The molecule has 2 aromatic carbocycles. The van der Waals surface area contributed by atoms with Gasteiger partial charge in [0.1, 0.15) is 0 Å². The summed E-state index contributed by atoms with van der Waals surface area (Å²) in [5.74, 6) is 0.262. The van der Waals surface area contributed by atoms with Crippen LogP contribution < -0.4 is 10.6 Å². The van der Waals surface area contributed by atoms with Gasteiger partial charge in [0.05, 0.1) is 12.6 Å². The second-order valence-corrected chi connectivity index (χ2v) is 6.64. The van der Waals surface area contributed by atoms with Crippen LogP contribution in [0.2, 0.25) is 0 Å². The zero-order valence-corrected chi connectivity index (χ0v) is 15.3. The van der Waals surface area contributed by atoms with Gasteiger partial charge in [-0.15, -0.1) is 0 Å². The lowest BCUT2D eigenvalue weighted by atomic mass is 10.1. The molecule has 5 heteroatoms. The van der Waals surface area contributed by atoms with Gasteiger partial charge in [-0.25, -0.2) is 4.99 Å². The standard InChI is InChI=1S/C21H25N3O2/c1-15-6-3-8-17(12-15)20(25)24-21(22-14-19-10-5-11-26-19)23-18-9-4-7-16(2)13-18/h3-4,6-9,12-13,19H,5,10-11,14H2,1-2H3,(H2,22,23,24,25)/t19-/m1/s1. The van der Waals surface area contributed by atoms with Crippen molar-refractivity contribution >= 4 is 17.6 Å². The number of nitrogens with one attached hydrogen (secondary N) is 2. The SMILES string of the molecule is Cc1cccc(NC(=NC[C@H]2CCCO2)NC(=O)c2cccc(C)c2)c1. The fourth-order valence-corrected chi connectivity index (χ4v) is 2.92. The molecule has 0 radical (unpaired) electrons. The summed E-state index contributed by atoms with van der Waals surface area (Å²) in [4.78, 5) is 17.2. The molecular weight excluding hydrogens is 326 g/mol. The van der Waals surface area contributed by atoms with Crippen LogP contribution in [0.5, 0.6) is 0 Å². The van der Waals surface area contributed by atoms with Crippen molar-refractivity contribution in [1.82, 2.24) is 5.32 Å². The quantitative estimate of drug-likeness (QED) is 0.652. The first-order valence-corrected chi connectivity index (χ1v) is 8.98. The molecule has 1 amide bonds. The van der Waals surface area contributed by atoms with Crippen molar-refractivity contribution in [2.45, 2.75) is 32.8 Å². The van der Waals surface area contributed by atoms with Crippen molar-refractivity contribution in [2.24, 2.45) is 4.99 Å². The third kappa shape index (κ3) is 5.17. The van der Waals surface area contributed by atoms with E-state index in [-0.39, 0.29) is 12.0 Å². The Kier molecular flexibility index (Phi) is 6.02. The molecule has 0 aromatic heterocycles. The van der Waals surface area contributed by atoms with Gasteiger partial charge in [-0.1, -0.05) is 29.8 Å². The highest BCUT2D eigenvalue weighted by atomic mass is 16.5. The van der Waals surface area contributed by atoms with Crippen LogP contribution in [0.15, 0.2) is 53.5 Å². The van der Waals surface area contributed by atoms with Gasteiger partial charge in [-0.2, -0.15) is 0 Å². The maximum Gasteiger partial charge on any atom is 0.257 e. The molecule has 0 aliphatic carbocycles. The number of rotatable bonds is 4. The van der Waals surface area contributed by atoms with Crippen molar-refractivity contribution in [3.05, 3.63) is 65.2 Å².